The quantitative estimate of drug-likeness (QED) is 0.868. The molecule has 0 radical (unpaired) electrons. The Labute approximate surface area is 118 Å². The number of nitrogens with zero attached hydrogens (tertiary/aromatic N) is 1. The third-order valence-electron chi connectivity index (χ3n) is 3.96. The monoisotopic (exact) mass is 278 g/mol. The van der Waals surface area contributed by atoms with E-state index in [1.165, 1.54) is 10.6 Å². The van der Waals surface area contributed by atoms with Gasteiger partial charge in [-0.25, -0.2) is 0 Å². The first-order chi connectivity index (χ1) is 9.61. The molecule has 0 bridgehead atoms. The minimum Gasteiger partial charge on any atom is -0.395 e. The Balaban J connectivity index is 2.06. The summed E-state index contributed by atoms with van der Waals surface area (Å²) in [5.74, 6) is 0.420. The lowest BCUT2D eigenvalue weighted by Crippen LogP contribution is -2.40. The average Bonchev–Trinajstić information content (AvgIpc) is 2.44. The molecule has 0 atom stereocenters. The van der Waals surface area contributed by atoms with Gasteiger partial charge in [0, 0.05) is 18.8 Å². The smallest absolute Gasteiger partial charge is 0.263 e. The lowest BCUT2D eigenvalue weighted by atomic mass is 9.87. The zero-order valence-corrected chi connectivity index (χ0v) is 11.8. The van der Waals surface area contributed by atoms with Gasteiger partial charge in [-0.3, -0.25) is 9.59 Å². The lowest BCUT2D eigenvalue weighted by molar-refractivity contribution is 0.0920. The van der Waals surface area contributed by atoms with Gasteiger partial charge in [0.25, 0.3) is 11.5 Å². The van der Waals surface area contributed by atoms with E-state index < -0.39 is 0 Å². The molecule has 1 amide bonds. The largest absolute Gasteiger partial charge is 0.395 e. The molecule has 0 spiro atoms. The Bertz CT molecular complexity index is 516. The second-order valence-corrected chi connectivity index (χ2v) is 5.57. The summed E-state index contributed by atoms with van der Waals surface area (Å²) in [6, 6.07) is 3.37. The minimum absolute atomic E-state index is 0.120. The molecule has 0 aromatic carbocycles. The van der Waals surface area contributed by atoms with E-state index in [4.69, 9.17) is 5.11 Å². The molecule has 0 saturated heterocycles. The summed E-state index contributed by atoms with van der Waals surface area (Å²) in [7, 11) is 0. The van der Waals surface area contributed by atoms with Gasteiger partial charge in [-0.05, 0) is 43.7 Å². The van der Waals surface area contributed by atoms with Crippen molar-refractivity contribution in [3.8, 4) is 0 Å². The Morgan fingerprint density at radius 1 is 1.40 bits per heavy atom. The van der Waals surface area contributed by atoms with E-state index >= 15 is 0 Å². The highest BCUT2D eigenvalue weighted by Gasteiger charge is 2.21. The first-order valence-electron chi connectivity index (χ1n) is 7.23. The predicted octanol–water partition coefficient (Wildman–Crippen LogP) is 1.15. The normalized spacial score (nSPS) is 22.5. The number of hydrogen-bond acceptors (Lipinski definition) is 3. The van der Waals surface area contributed by atoms with Crippen LogP contribution in [0, 0.1) is 5.92 Å². The van der Waals surface area contributed by atoms with Crippen LogP contribution in [0.4, 0.5) is 0 Å². The molecule has 1 aromatic rings. The van der Waals surface area contributed by atoms with E-state index in [-0.39, 0.29) is 36.2 Å². The maximum absolute atomic E-state index is 12.2. The van der Waals surface area contributed by atoms with Crippen LogP contribution >= 0.6 is 0 Å². The van der Waals surface area contributed by atoms with Crippen molar-refractivity contribution in [2.45, 2.75) is 45.2 Å². The van der Waals surface area contributed by atoms with Crippen molar-refractivity contribution in [2.24, 2.45) is 5.92 Å². The first kappa shape index (κ1) is 14.8. The fraction of sp³-hybridized carbons (Fsp3) is 0.600. The van der Waals surface area contributed by atoms with Crippen LogP contribution in [0.5, 0.6) is 0 Å². The summed E-state index contributed by atoms with van der Waals surface area (Å²) in [6.07, 6.45) is 5.77. The molecule has 5 heteroatoms. The van der Waals surface area contributed by atoms with E-state index in [9.17, 15) is 9.59 Å². The molecule has 20 heavy (non-hydrogen) atoms. The third-order valence-corrected chi connectivity index (χ3v) is 3.96. The SMILES string of the molecule is CC1CCC(NC(=O)c2cccn(CCO)c2=O)CC1. The zero-order valence-electron chi connectivity index (χ0n) is 11.8. The molecular weight excluding hydrogens is 256 g/mol. The Morgan fingerprint density at radius 3 is 2.75 bits per heavy atom. The molecule has 5 nitrogen and oxygen atoms in total. The standard InChI is InChI=1S/C15H22N2O3/c1-11-4-6-12(7-5-11)16-14(19)13-3-2-8-17(9-10-18)15(13)20/h2-3,8,11-12,18H,4-7,9-10H2,1H3,(H,16,19). The van der Waals surface area contributed by atoms with Crippen LogP contribution in [-0.2, 0) is 6.54 Å². The highest BCUT2D eigenvalue weighted by atomic mass is 16.3. The number of carbonyl (C=O) groups is 1. The first-order valence-corrected chi connectivity index (χ1v) is 7.23. The van der Waals surface area contributed by atoms with Crippen molar-refractivity contribution < 1.29 is 9.90 Å². The summed E-state index contributed by atoms with van der Waals surface area (Å²) in [5, 5.41) is 11.9. The topological polar surface area (TPSA) is 71.3 Å². The molecular formula is C15H22N2O3. The van der Waals surface area contributed by atoms with E-state index in [2.05, 4.69) is 12.2 Å². The number of pyridine rings is 1. The van der Waals surface area contributed by atoms with Crippen LogP contribution in [-0.4, -0.2) is 28.2 Å². The molecule has 1 aromatic heterocycles. The fourth-order valence-electron chi connectivity index (χ4n) is 2.66. The van der Waals surface area contributed by atoms with Gasteiger partial charge in [0.15, 0.2) is 0 Å². The van der Waals surface area contributed by atoms with Gasteiger partial charge in [-0.2, -0.15) is 0 Å². The highest BCUT2D eigenvalue weighted by Crippen LogP contribution is 2.23. The van der Waals surface area contributed by atoms with Crippen molar-refractivity contribution in [1.82, 2.24) is 9.88 Å². The summed E-state index contributed by atoms with van der Waals surface area (Å²) < 4.78 is 1.36. The maximum Gasteiger partial charge on any atom is 0.263 e. The molecule has 2 N–H and O–H groups in total. The summed E-state index contributed by atoms with van der Waals surface area (Å²) in [5.41, 5.74) is -0.192. The number of hydrogen-bond donors (Lipinski definition) is 2. The van der Waals surface area contributed by atoms with E-state index in [1.54, 1.807) is 12.3 Å². The van der Waals surface area contributed by atoms with Crippen LogP contribution in [0.25, 0.3) is 0 Å². The molecule has 110 valence electrons. The summed E-state index contributed by atoms with van der Waals surface area (Å²) in [6.45, 7) is 2.31. The van der Waals surface area contributed by atoms with Crippen molar-refractivity contribution in [3.63, 3.8) is 0 Å². The highest BCUT2D eigenvalue weighted by molar-refractivity contribution is 5.93. The van der Waals surface area contributed by atoms with Crippen LogP contribution < -0.4 is 10.9 Å². The number of carbonyl (C=O) groups excluding carboxylic acids is 1. The molecule has 0 unspecified atom stereocenters. The minimum atomic E-state index is -0.344. The molecule has 1 aliphatic carbocycles. The van der Waals surface area contributed by atoms with Crippen LogP contribution in [0.15, 0.2) is 23.1 Å². The fourth-order valence-corrected chi connectivity index (χ4v) is 2.66. The van der Waals surface area contributed by atoms with Gasteiger partial charge in [0.1, 0.15) is 5.56 Å². The molecule has 1 saturated carbocycles. The van der Waals surface area contributed by atoms with Crippen molar-refractivity contribution in [1.29, 1.82) is 0 Å². The number of aromatic nitrogens is 1. The van der Waals surface area contributed by atoms with Crippen molar-refractivity contribution in [3.05, 3.63) is 34.2 Å². The zero-order chi connectivity index (χ0) is 14.5. The van der Waals surface area contributed by atoms with Gasteiger partial charge in [0.2, 0.25) is 0 Å². The Hall–Kier alpha value is -1.62. The third kappa shape index (κ3) is 3.48. The van der Waals surface area contributed by atoms with Gasteiger partial charge in [-0.1, -0.05) is 6.92 Å². The number of amides is 1. The number of nitrogens with one attached hydrogen (secondary N) is 1. The van der Waals surface area contributed by atoms with Crippen LogP contribution in [0.2, 0.25) is 0 Å². The van der Waals surface area contributed by atoms with Crippen molar-refractivity contribution in [2.75, 3.05) is 6.61 Å². The number of aliphatic hydroxyl groups excluding tert-OH is 1. The van der Waals surface area contributed by atoms with E-state index in [0.717, 1.165) is 31.6 Å². The molecule has 1 heterocycles. The van der Waals surface area contributed by atoms with Gasteiger partial charge >= 0.3 is 0 Å². The van der Waals surface area contributed by atoms with Crippen molar-refractivity contribution >= 4 is 5.91 Å². The van der Waals surface area contributed by atoms with E-state index in [1.807, 2.05) is 0 Å². The number of rotatable bonds is 4. The molecule has 1 aliphatic rings. The average molecular weight is 278 g/mol. The van der Waals surface area contributed by atoms with Gasteiger partial charge in [0.05, 0.1) is 6.61 Å². The molecule has 2 rings (SSSR count). The maximum atomic E-state index is 12.2. The summed E-state index contributed by atoms with van der Waals surface area (Å²) in [4.78, 5) is 24.3. The van der Waals surface area contributed by atoms with Crippen LogP contribution in [0.3, 0.4) is 0 Å². The second kappa shape index (κ2) is 6.70. The Kier molecular flexibility index (Phi) is 4.95. The van der Waals surface area contributed by atoms with Gasteiger partial charge < -0.3 is 15.0 Å². The van der Waals surface area contributed by atoms with E-state index in [0.29, 0.717) is 0 Å². The van der Waals surface area contributed by atoms with Crippen LogP contribution in [0.1, 0.15) is 43.0 Å². The Morgan fingerprint density at radius 2 is 2.10 bits per heavy atom. The lowest BCUT2D eigenvalue weighted by Gasteiger charge is -2.26. The molecule has 0 aliphatic heterocycles. The molecule has 1 fully saturated rings. The summed E-state index contributed by atoms with van der Waals surface area (Å²) >= 11 is 0. The predicted molar refractivity (Wildman–Crippen MR) is 76.7 cm³/mol. The second-order valence-electron chi connectivity index (χ2n) is 5.57. The number of aliphatic hydroxyl groups is 1. The van der Waals surface area contributed by atoms with Gasteiger partial charge in [-0.15, -0.1) is 0 Å².